The Bertz CT molecular complexity index is 417. The van der Waals surface area contributed by atoms with Crippen molar-refractivity contribution in [2.75, 3.05) is 19.4 Å². The quantitative estimate of drug-likeness (QED) is 0.908. The third-order valence-corrected chi connectivity index (χ3v) is 4.06. The van der Waals surface area contributed by atoms with Crippen LogP contribution < -0.4 is 5.32 Å². The van der Waals surface area contributed by atoms with Gasteiger partial charge in [-0.2, -0.15) is 0 Å². The molecule has 4 heteroatoms. The Balaban J connectivity index is 1.95. The molecule has 1 N–H and O–H groups in total. The van der Waals surface area contributed by atoms with E-state index in [1.54, 1.807) is 18.9 Å². The molecule has 0 saturated carbocycles. The maximum atomic E-state index is 5.36. The Morgan fingerprint density at radius 2 is 2.11 bits per heavy atom. The number of nitrogens with zero attached hydrogens (tertiary/aromatic N) is 1. The molecule has 0 aliphatic carbocycles. The molecule has 98 valence electrons. The number of aliphatic imine (C=N–C) groups is 1. The van der Waals surface area contributed by atoms with Gasteiger partial charge in [-0.1, -0.05) is 42.1 Å². The Morgan fingerprint density at radius 3 is 2.78 bits per heavy atom. The number of hydrogen-bond donors (Lipinski definition) is 1. The van der Waals surface area contributed by atoms with Gasteiger partial charge < -0.3 is 10.1 Å². The molecule has 1 heterocycles. The van der Waals surface area contributed by atoms with Crippen LogP contribution in [0.1, 0.15) is 25.5 Å². The van der Waals surface area contributed by atoms with Crippen molar-refractivity contribution in [1.82, 2.24) is 5.32 Å². The predicted molar refractivity (Wildman–Crippen MR) is 78.2 cm³/mol. The highest BCUT2D eigenvalue weighted by atomic mass is 32.2. The van der Waals surface area contributed by atoms with E-state index >= 15 is 0 Å². The molecule has 0 bridgehead atoms. The Morgan fingerprint density at radius 1 is 1.39 bits per heavy atom. The fourth-order valence-electron chi connectivity index (χ4n) is 1.68. The summed E-state index contributed by atoms with van der Waals surface area (Å²) in [6.45, 7) is 4.77. The summed E-state index contributed by atoms with van der Waals surface area (Å²) in [6, 6.07) is 10.9. The molecule has 0 amide bonds. The van der Waals surface area contributed by atoms with E-state index in [1.165, 1.54) is 5.56 Å². The highest BCUT2D eigenvalue weighted by molar-refractivity contribution is 8.14. The Hall–Kier alpha value is -1.00. The van der Waals surface area contributed by atoms with E-state index in [0.717, 1.165) is 10.9 Å². The molecule has 1 unspecified atom stereocenters. The normalized spacial score (nSPS) is 22.2. The largest absolute Gasteiger partial charge is 0.377 e. The van der Waals surface area contributed by atoms with Crippen molar-refractivity contribution in [1.29, 1.82) is 0 Å². The second kappa shape index (κ2) is 5.76. The number of rotatable bonds is 4. The summed E-state index contributed by atoms with van der Waals surface area (Å²) in [5, 5.41) is 4.48. The van der Waals surface area contributed by atoms with Gasteiger partial charge in [0.2, 0.25) is 0 Å². The van der Waals surface area contributed by atoms with Gasteiger partial charge in [0.15, 0.2) is 5.17 Å². The first-order chi connectivity index (χ1) is 8.61. The molecule has 0 aromatic heterocycles. The van der Waals surface area contributed by atoms with Crippen molar-refractivity contribution in [2.24, 2.45) is 4.99 Å². The van der Waals surface area contributed by atoms with E-state index in [0.29, 0.717) is 12.6 Å². The number of ether oxygens (including phenoxy) is 1. The zero-order valence-electron chi connectivity index (χ0n) is 11.1. The van der Waals surface area contributed by atoms with Gasteiger partial charge >= 0.3 is 0 Å². The molecule has 1 aliphatic heterocycles. The van der Waals surface area contributed by atoms with Gasteiger partial charge in [-0.05, 0) is 19.4 Å². The summed E-state index contributed by atoms with van der Waals surface area (Å²) >= 11 is 1.78. The summed E-state index contributed by atoms with van der Waals surface area (Å²) in [7, 11) is 1.72. The number of methoxy groups -OCH3 is 1. The lowest BCUT2D eigenvalue weighted by atomic mass is 10.1. The summed E-state index contributed by atoms with van der Waals surface area (Å²) in [5.41, 5.74) is 1.13. The molecule has 1 aliphatic rings. The summed E-state index contributed by atoms with van der Waals surface area (Å²) in [6.07, 6.45) is 0. The van der Waals surface area contributed by atoms with Gasteiger partial charge in [0.05, 0.1) is 18.2 Å². The minimum Gasteiger partial charge on any atom is -0.377 e. The van der Waals surface area contributed by atoms with Crippen LogP contribution in [0.5, 0.6) is 0 Å². The number of amidine groups is 1. The van der Waals surface area contributed by atoms with Gasteiger partial charge in [-0.3, -0.25) is 4.99 Å². The van der Waals surface area contributed by atoms with Crippen LogP contribution in [0.2, 0.25) is 0 Å². The molecule has 1 saturated heterocycles. The van der Waals surface area contributed by atoms with Crippen LogP contribution in [0.4, 0.5) is 0 Å². The molecule has 1 atom stereocenters. The number of thioether (sulfide) groups is 1. The second-order valence-corrected chi connectivity index (χ2v) is 6.01. The average molecular weight is 264 g/mol. The molecule has 1 aromatic carbocycles. The Labute approximate surface area is 113 Å². The van der Waals surface area contributed by atoms with E-state index in [1.807, 2.05) is 19.9 Å². The second-order valence-electron chi connectivity index (χ2n) is 5.00. The fourth-order valence-corrected chi connectivity index (χ4v) is 2.66. The Kier molecular flexibility index (Phi) is 4.30. The summed E-state index contributed by atoms with van der Waals surface area (Å²) in [5.74, 6) is 1.04. The van der Waals surface area contributed by atoms with Crippen molar-refractivity contribution < 1.29 is 4.74 Å². The van der Waals surface area contributed by atoms with Gasteiger partial charge in [-0.25, -0.2) is 0 Å². The standard InChI is InChI=1S/C14H20N2OS/c1-14(2,17-3)10-15-13-16-12(9-18-13)11-7-5-4-6-8-11/h4-8,12H,9-10H2,1-3H3,(H,15,16). The first-order valence-electron chi connectivity index (χ1n) is 6.14. The summed E-state index contributed by atoms with van der Waals surface area (Å²) in [4.78, 5) is 4.58. The maximum absolute atomic E-state index is 5.36. The zero-order valence-corrected chi connectivity index (χ0v) is 12.0. The average Bonchev–Trinajstić information content (AvgIpc) is 2.86. The van der Waals surface area contributed by atoms with Gasteiger partial charge in [0.1, 0.15) is 0 Å². The van der Waals surface area contributed by atoms with Crippen molar-refractivity contribution in [2.45, 2.75) is 25.5 Å². The number of nitrogens with one attached hydrogen (secondary N) is 1. The van der Waals surface area contributed by atoms with Crippen LogP contribution in [0.3, 0.4) is 0 Å². The number of benzene rings is 1. The molecular formula is C14H20N2OS. The highest BCUT2D eigenvalue weighted by Gasteiger charge is 2.23. The van der Waals surface area contributed by atoms with E-state index < -0.39 is 0 Å². The first-order valence-corrected chi connectivity index (χ1v) is 7.13. The molecule has 1 aromatic rings. The molecule has 0 radical (unpaired) electrons. The first kappa shape index (κ1) is 13.4. The van der Waals surface area contributed by atoms with Crippen LogP contribution in [-0.2, 0) is 4.74 Å². The lowest BCUT2D eigenvalue weighted by Crippen LogP contribution is -2.28. The minimum absolute atomic E-state index is 0.194. The smallest absolute Gasteiger partial charge is 0.157 e. The SMILES string of the molecule is COC(C)(C)CN=C1NC(c2ccccc2)CS1. The van der Waals surface area contributed by atoms with E-state index in [2.05, 4.69) is 34.6 Å². The third-order valence-electron chi connectivity index (χ3n) is 3.04. The van der Waals surface area contributed by atoms with Crippen molar-refractivity contribution in [3.05, 3.63) is 35.9 Å². The zero-order chi connectivity index (χ0) is 13.0. The van der Waals surface area contributed by atoms with Crippen LogP contribution in [-0.4, -0.2) is 30.2 Å². The van der Waals surface area contributed by atoms with Crippen LogP contribution in [0.15, 0.2) is 35.3 Å². The molecule has 1 fully saturated rings. The third kappa shape index (κ3) is 3.50. The lowest BCUT2D eigenvalue weighted by molar-refractivity contribution is 0.0312. The van der Waals surface area contributed by atoms with Gasteiger partial charge in [0.25, 0.3) is 0 Å². The summed E-state index contributed by atoms with van der Waals surface area (Å²) < 4.78 is 5.36. The maximum Gasteiger partial charge on any atom is 0.157 e. The van der Waals surface area contributed by atoms with Gasteiger partial charge in [-0.15, -0.1) is 0 Å². The minimum atomic E-state index is -0.194. The molecular weight excluding hydrogens is 244 g/mol. The lowest BCUT2D eigenvalue weighted by Gasteiger charge is -2.20. The van der Waals surface area contributed by atoms with E-state index in [9.17, 15) is 0 Å². The van der Waals surface area contributed by atoms with Gasteiger partial charge in [0, 0.05) is 12.9 Å². The van der Waals surface area contributed by atoms with Crippen molar-refractivity contribution >= 4 is 16.9 Å². The van der Waals surface area contributed by atoms with Crippen LogP contribution >= 0.6 is 11.8 Å². The number of hydrogen-bond acceptors (Lipinski definition) is 3. The molecule has 0 spiro atoms. The van der Waals surface area contributed by atoms with Crippen molar-refractivity contribution in [3.63, 3.8) is 0 Å². The van der Waals surface area contributed by atoms with Crippen LogP contribution in [0.25, 0.3) is 0 Å². The van der Waals surface area contributed by atoms with E-state index in [-0.39, 0.29) is 5.60 Å². The fraction of sp³-hybridized carbons (Fsp3) is 0.500. The van der Waals surface area contributed by atoms with Crippen LogP contribution in [0, 0.1) is 0 Å². The monoisotopic (exact) mass is 264 g/mol. The highest BCUT2D eigenvalue weighted by Crippen LogP contribution is 2.26. The molecule has 18 heavy (non-hydrogen) atoms. The van der Waals surface area contributed by atoms with Crippen molar-refractivity contribution in [3.8, 4) is 0 Å². The predicted octanol–water partition coefficient (Wildman–Crippen LogP) is 2.85. The van der Waals surface area contributed by atoms with E-state index in [4.69, 9.17) is 4.74 Å². The molecule has 3 nitrogen and oxygen atoms in total. The molecule has 2 rings (SSSR count). The topological polar surface area (TPSA) is 33.6 Å².